The number of nitrogens with one attached hydrogen (secondary N) is 1. The molecule has 0 bridgehead atoms. The van der Waals surface area contributed by atoms with Gasteiger partial charge in [0, 0.05) is 24.0 Å². The molecule has 312 valence electrons. The summed E-state index contributed by atoms with van der Waals surface area (Å²) < 4.78 is 80.4. The maximum Gasteiger partial charge on any atom is 0.509 e. The molecule has 2 aromatic heterocycles. The Morgan fingerprint density at radius 2 is 1.68 bits per heavy atom. The highest BCUT2D eigenvalue weighted by Crippen LogP contribution is 2.46. The molecule has 0 amide bonds. The van der Waals surface area contributed by atoms with Crippen molar-refractivity contribution in [3.05, 3.63) is 23.0 Å². The van der Waals surface area contributed by atoms with Crippen LogP contribution in [0.4, 0.5) is 14.9 Å². The standard InChI is InChI=1S/C37H53ClFN4O11PS/c1-2-3-4-5-6-7-8-9-10-11-12-13-14-15-16-30(44)50-23-51-55(46,47)24-56(48,49)22-29-32-33(54-37(45)53-32)36(52-29)43-18-17-27-31(41-26-19-25(39)20-26)28(21-40)34(38)42-35(27)43/h17-18,25-26,29,32-33,36H,2-16,19-20,22-24H2,1H3,(H,41,42)(H,46,47)/t25-,26+,29-,32-,33-,36-/m1/s1. The van der Waals surface area contributed by atoms with Gasteiger partial charge in [0.25, 0.3) is 0 Å². The van der Waals surface area contributed by atoms with Gasteiger partial charge in [-0.05, 0) is 25.3 Å². The SMILES string of the molecule is CCCCCCCCCCCCCCCCC(=O)OCOP(=O)(O)CS(=O)(=O)C[C@H]1O[C@@H](n2ccc3c(N[C@H]4C[C@@H](F)C4)c(C#N)c(Cl)nc32)[C@@H]2OC(=O)O[C@@H]21. The zero-order valence-electron chi connectivity index (χ0n) is 31.7. The molecule has 3 aliphatic rings. The van der Waals surface area contributed by atoms with Crippen LogP contribution in [0.15, 0.2) is 12.3 Å². The second-order valence-electron chi connectivity index (χ2n) is 14.9. The number of fused-ring (bicyclic) bond motifs is 2. The quantitative estimate of drug-likeness (QED) is 0.0318. The second kappa shape index (κ2) is 20.6. The van der Waals surface area contributed by atoms with Crippen LogP contribution in [0.2, 0.25) is 5.15 Å². The number of ether oxygens (including phenoxy) is 4. The molecule has 2 saturated heterocycles. The van der Waals surface area contributed by atoms with Crippen molar-refractivity contribution in [1.82, 2.24) is 9.55 Å². The number of anilines is 1. The van der Waals surface area contributed by atoms with Gasteiger partial charge in [-0.3, -0.25) is 13.9 Å². The topological polar surface area (TPSA) is 205 Å². The lowest BCUT2D eigenvalue weighted by atomic mass is 9.90. The second-order valence-corrected chi connectivity index (χ2v) is 19.6. The molecule has 1 aliphatic carbocycles. The summed E-state index contributed by atoms with van der Waals surface area (Å²) in [6.45, 7) is 1.33. The van der Waals surface area contributed by atoms with Gasteiger partial charge in [-0.2, -0.15) is 5.26 Å². The lowest BCUT2D eigenvalue weighted by molar-refractivity contribution is -0.150. The van der Waals surface area contributed by atoms with Crippen molar-refractivity contribution in [2.24, 2.45) is 0 Å². The van der Waals surface area contributed by atoms with Crippen LogP contribution >= 0.6 is 19.2 Å². The lowest BCUT2D eigenvalue weighted by Crippen LogP contribution is -2.36. The van der Waals surface area contributed by atoms with Crippen LogP contribution in [-0.2, 0) is 42.7 Å². The summed E-state index contributed by atoms with van der Waals surface area (Å²) in [6.07, 6.45) is 11.7. The molecule has 56 heavy (non-hydrogen) atoms. The largest absolute Gasteiger partial charge is 0.509 e. The number of carbonyl (C=O) groups excluding carboxylic acids is 2. The third kappa shape index (κ3) is 12.3. The Balaban J connectivity index is 1.05. The molecule has 3 fully saturated rings. The van der Waals surface area contributed by atoms with Crippen molar-refractivity contribution in [3.8, 4) is 6.07 Å². The Morgan fingerprint density at radius 3 is 2.29 bits per heavy atom. The fraction of sp³-hybridized carbons (Fsp3) is 0.730. The normalized spacial score (nSPS) is 24.2. The first-order valence-electron chi connectivity index (χ1n) is 19.7. The number of esters is 1. The molecule has 2 aromatic rings. The third-order valence-corrected chi connectivity index (χ3v) is 14.9. The molecule has 5 atom stereocenters. The number of nitriles is 1. The number of alkyl halides is 1. The van der Waals surface area contributed by atoms with E-state index >= 15 is 0 Å². The van der Waals surface area contributed by atoms with E-state index in [1.54, 1.807) is 6.07 Å². The van der Waals surface area contributed by atoms with Gasteiger partial charge in [0.15, 0.2) is 38.9 Å². The van der Waals surface area contributed by atoms with Gasteiger partial charge in [0.2, 0.25) is 6.79 Å². The van der Waals surface area contributed by atoms with Crippen LogP contribution in [0, 0.1) is 11.3 Å². The van der Waals surface area contributed by atoms with Crippen LogP contribution in [0.25, 0.3) is 11.0 Å². The molecular weight excluding hydrogens is 794 g/mol. The minimum absolute atomic E-state index is 0.0551. The summed E-state index contributed by atoms with van der Waals surface area (Å²) in [6, 6.07) is 3.39. The molecule has 15 nitrogen and oxygen atoms in total. The summed E-state index contributed by atoms with van der Waals surface area (Å²) in [5.41, 5.74) is -0.718. The van der Waals surface area contributed by atoms with E-state index in [1.807, 2.05) is 6.07 Å². The number of nitrogens with zero attached hydrogens (tertiary/aromatic N) is 3. The molecule has 0 radical (unpaired) electrons. The Labute approximate surface area is 332 Å². The van der Waals surface area contributed by atoms with E-state index in [-0.39, 0.29) is 41.7 Å². The van der Waals surface area contributed by atoms with Crippen molar-refractivity contribution in [3.63, 3.8) is 0 Å². The summed E-state index contributed by atoms with van der Waals surface area (Å²) in [4.78, 5) is 39.0. The van der Waals surface area contributed by atoms with E-state index in [9.17, 15) is 37.1 Å². The number of pyridine rings is 1. The van der Waals surface area contributed by atoms with Crippen molar-refractivity contribution in [2.75, 3.05) is 23.4 Å². The average Bonchev–Trinajstić information content (AvgIpc) is 3.80. The molecule has 2 aliphatic heterocycles. The molecule has 1 unspecified atom stereocenters. The van der Waals surface area contributed by atoms with Crippen molar-refractivity contribution >= 4 is 57.9 Å². The number of unbranched alkanes of at least 4 members (excludes halogenated alkanes) is 13. The van der Waals surface area contributed by atoms with Gasteiger partial charge < -0.3 is 33.7 Å². The predicted octanol–water partition coefficient (Wildman–Crippen LogP) is 8.22. The van der Waals surface area contributed by atoms with Gasteiger partial charge in [-0.15, -0.1) is 0 Å². The van der Waals surface area contributed by atoms with E-state index in [1.165, 1.54) is 75.0 Å². The molecule has 0 spiro atoms. The lowest BCUT2D eigenvalue weighted by Gasteiger charge is -2.31. The minimum atomic E-state index is -4.80. The van der Waals surface area contributed by atoms with Gasteiger partial charge in [0.05, 0.1) is 11.4 Å². The highest BCUT2D eigenvalue weighted by atomic mass is 35.5. The number of sulfone groups is 1. The Bertz CT molecular complexity index is 1850. The maximum atomic E-state index is 13.6. The fourth-order valence-electron chi connectivity index (χ4n) is 7.35. The molecule has 4 heterocycles. The minimum Gasteiger partial charge on any atom is -0.438 e. The molecule has 2 N–H and O–H groups in total. The predicted molar refractivity (Wildman–Crippen MR) is 206 cm³/mol. The first-order valence-corrected chi connectivity index (χ1v) is 23.6. The van der Waals surface area contributed by atoms with Crippen LogP contribution in [0.1, 0.15) is 128 Å². The smallest absolute Gasteiger partial charge is 0.438 e. The zero-order chi connectivity index (χ0) is 40.3. The molecular formula is C37H53ClFN4O11PS. The summed E-state index contributed by atoms with van der Waals surface area (Å²) >= 11 is 6.37. The summed E-state index contributed by atoms with van der Waals surface area (Å²) in [7, 11) is -9.21. The van der Waals surface area contributed by atoms with E-state index in [4.69, 9.17) is 35.1 Å². The number of carbonyl (C=O) groups is 2. The number of hydrogen-bond acceptors (Lipinski definition) is 13. The van der Waals surface area contributed by atoms with Gasteiger partial charge in [0.1, 0.15) is 29.6 Å². The molecule has 5 rings (SSSR count). The number of aromatic nitrogens is 2. The van der Waals surface area contributed by atoms with E-state index in [0.29, 0.717) is 17.5 Å². The number of halogens is 2. The fourth-order valence-corrected chi connectivity index (χ4v) is 11.3. The monoisotopic (exact) mass is 846 g/mol. The van der Waals surface area contributed by atoms with Crippen LogP contribution in [-0.4, -0.2) is 83.6 Å². The first-order chi connectivity index (χ1) is 26.8. The third-order valence-electron chi connectivity index (χ3n) is 10.4. The van der Waals surface area contributed by atoms with Crippen LogP contribution in [0.5, 0.6) is 0 Å². The molecule has 19 heteroatoms. The Hall–Kier alpha value is -3.00. The molecule has 0 aromatic carbocycles. The van der Waals surface area contributed by atoms with Gasteiger partial charge >= 0.3 is 19.7 Å². The highest BCUT2D eigenvalue weighted by molar-refractivity contribution is 7.97. The zero-order valence-corrected chi connectivity index (χ0v) is 34.2. The van der Waals surface area contributed by atoms with E-state index < -0.39 is 78.3 Å². The van der Waals surface area contributed by atoms with Gasteiger partial charge in [-0.25, -0.2) is 22.6 Å². The maximum absolute atomic E-state index is 13.6. The Kier molecular flexibility index (Phi) is 16.2. The average molecular weight is 847 g/mol. The van der Waals surface area contributed by atoms with Crippen molar-refractivity contribution < 1.29 is 55.3 Å². The van der Waals surface area contributed by atoms with Crippen molar-refractivity contribution in [2.45, 2.75) is 153 Å². The van der Waals surface area contributed by atoms with E-state index in [0.717, 1.165) is 19.3 Å². The van der Waals surface area contributed by atoms with E-state index in [2.05, 4.69) is 17.2 Å². The number of hydrogen-bond donors (Lipinski definition) is 2. The Morgan fingerprint density at radius 1 is 1.07 bits per heavy atom. The van der Waals surface area contributed by atoms with Crippen LogP contribution in [0.3, 0.4) is 0 Å². The molecule has 1 saturated carbocycles. The summed E-state index contributed by atoms with van der Waals surface area (Å²) in [5, 5.41) is 13.2. The highest BCUT2D eigenvalue weighted by Gasteiger charge is 2.56. The van der Waals surface area contributed by atoms with Gasteiger partial charge in [-0.1, -0.05) is 102 Å². The number of rotatable bonds is 25. The van der Waals surface area contributed by atoms with Crippen LogP contribution < -0.4 is 5.32 Å². The first kappa shape index (κ1) is 44.1. The van der Waals surface area contributed by atoms with Crippen molar-refractivity contribution in [1.29, 1.82) is 5.26 Å². The summed E-state index contributed by atoms with van der Waals surface area (Å²) in [5.74, 6) is -1.47.